The first-order valence-corrected chi connectivity index (χ1v) is 6.79. The highest BCUT2D eigenvalue weighted by atomic mass is 35.5. The van der Waals surface area contributed by atoms with Gasteiger partial charge < -0.3 is 11.1 Å². The number of thioether (sulfide) groups is 1. The summed E-state index contributed by atoms with van der Waals surface area (Å²) < 4.78 is 0. The van der Waals surface area contributed by atoms with Crippen molar-refractivity contribution in [3.05, 3.63) is 23.2 Å². The summed E-state index contributed by atoms with van der Waals surface area (Å²) in [5.41, 5.74) is 7.50. The molecule has 0 fully saturated rings. The summed E-state index contributed by atoms with van der Waals surface area (Å²) in [6.07, 6.45) is 4.52. The molecule has 1 aromatic carbocycles. The van der Waals surface area contributed by atoms with E-state index in [4.69, 9.17) is 17.3 Å². The predicted octanol–water partition coefficient (Wildman–Crippen LogP) is 3.48. The van der Waals surface area contributed by atoms with Crippen molar-refractivity contribution in [2.24, 2.45) is 0 Å². The number of nitrogens with two attached hydrogens (primary N) is 1. The summed E-state index contributed by atoms with van der Waals surface area (Å²) in [6.45, 7) is 0.950. The van der Waals surface area contributed by atoms with Crippen molar-refractivity contribution in [3.63, 3.8) is 0 Å². The Morgan fingerprint density at radius 1 is 1.40 bits per heavy atom. The molecule has 0 radical (unpaired) electrons. The fourth-order valence-corrected chi connectivity index (χ4v) is 1.94. The molecule has 1 rings (SSSR count). The lowest BCUT2D eigenvalue weighted by molar-refractivity contribution is 0.843. The van der Waals surface area contributed by atoms with Gasteiger partial charge in [0.1, 0.15) is 0 Å². The number of benzene rings is 1. The van der Waals surface area contributed by atoms with Crippen molar-refractivity contribution in [1.29, 1.82) is 0 Å². The highest BCUT2D eigenvalue weighted by molar-refractivity contribution is 7.98. The highest BCUT2D eigenvalue weighted by Crippen LogP contribution is 2.22. The molecule has 0 saturated carbocycles. The molecule has 0 amide bonds. The summed E-state index contributed by atoms with van der Waals surface area (Å²) in [7, 11) is 0. The van der Waals surface area contributed by atoms with Crippen LogP contribution < -0.4 is 11.1 Å². The Balaban J connectivity index is 2.33. The molecule has 0 aliphatic carbocycles. The Bertz CT molecular complexity index is 305. The minimum atomic E-state index is 0.718. The van der Waals surface area contributed by atoms with Gasteiger partial charge in [-0.15, -0.1) is 0 Å². The summed E-state index contributed by atoms with van der Waals surface area (Å²) >= 11 is 7.76. The minimum Gasteiger partial charge on any atom is -0.397 e. The summed E-state index contributed by atoms with van der Waals surface area (Å²) in [6, 6.07) is 5.49. The van der Waals surface area contributed by atoms with Crippen molar-refractivity contribution < 1.29 is 0 Å². The van der Waals surface area contributed by atoms with E-state index >= 15 is 0 Å². The maximum atomic E-state index is 5.88. The topological polar surface area (TPSA) is 38.0 Å². The zero-order valence-electron chi connectivity index (χ0n) is 8.92. The van der Waals surface area contributed by atoms with Crippen molar-refractivity contribution in [3.8, 4) is 0 Å². The largest absolute Gasteiger partial charge is 0.397 e. The Labute approximate surface area is 101 Å². The number of hydrogen-bond acceptors (Lipinski definition) is 3. The van der Waals surface area contributed by atoms with Crippen LogP contribution in [0.3, 0.4) is 0 Å². The van der Waals surface area contributed by atoms with Crippen LogP contribution in [-0.4, -0.2) is 18.6 Å². The van der Waals surface area contributed by atoms with E-state index in [0.29, 0.717) is 0 Å². The van der Waals surface area contributed by atoms with E-state index in [1.54, 1.807) is 6.07 Å². The molecule has 3 N–H and O–H groups in total. The van der Waals surface area contributed by atoms with Gasteiger partial charge in [-0.1, -0.05) is 11.6 Å². The van der Waals surface area contributed by atoms with Crippen molar-refractivity contribution in [2.75, 3.05) is 29.6 Å². The molecule has 1 aromatic rings. The summed E-state index contributed by atoms with van der Waals surface area (Å²) in [5, 5.41) is 4.01. The van der Waals surface area contributed by atoms with Crippen molar-refractivity contribution in [2.45, 2.75) is 12.8 Å². The predicted molar refractivity (Wildman–Crippen MR) is 72.0 cm³/mol. The third-order valence-corrected chi connectivity index (χ3v) is 3.04. The molecule has 0 heterocycles. The van der Waals surface area contributed by atoms with E-state index < -0.39 is 0 Å². The van der Waals surface area contributed by atoms with Crippen LogP contribution in [0.5, 0.6) is 0 Å². The van der Waals surface area contributed by atoms with Gasteiger partial charge in [0.15, 0.2) is 0 Å². The molecule has 4 heteroatoms. The quantitative estimate of drug-likeness (QED) is 0.595. The minimum absolute atomic E-state index is 0.718. The Morgan fingerprint density at radius 3 is 2.93 bits per heavy atom. The summed E-state index contributed by atoms with van der Waals surface area (Å²) in [5.74, 6) is 1.21. The summed E-state index contributed by atoms with van der Waals surface area (Å²) in [4.78, 5) is 0. The van der Waals surface area contributed by atoms with Gasteiger partial charge in [-0.05, 0) is 43.0 Å². The SMILES string of the molecule is CSCCCCNc1cc(Cl)ccc1N. The van der Waals surface area contributed by atoms with Gasteiger partial charge >= 0.3 is 0 Å². The molecule has 84 valence electrons. The number of halogens is 1. The lowest BCUT2D eigenvalue weighted by Crippen LogP contribution is -2.04. The van der Waals surface area contributed by atoms with Gasteiger partial charge in [0.05, 0.1) is 11.4 Å². The highest BCUT2D eigenvalue weighted by Gasteiger charge is 1.98. The van der Waals surface area contributed by atoms with Gasteiger partial charge in [0.25, 0.3) is 0 Å². The first kappa shape index (κ1) is 12.5. The zero-order valence-corrected chi connectivity index (χ0v) is 10.5. The van der Waals surface area contributed by atoms with Crippen molar-refractivity contribution >= 4 is 34.7 Å². The molecule has 0 aromatic heterocycles. The Hall–Kier alpha value is -0.540. The van der Waals surface area contributed by atoms with E-state index in [0.717, 1.165) is 29.4 Å². The van der Waals surface area contributed by atoms with Crippen LogP contribution in [0.25, 0.3) is 0 Å². The second-order valence-electron chi connectivity index (χ2n) is 3.36. The monoisotopic (exact) mass is 244 g/mol. The number of anilines is 2. The molecular weight excluding hydrogens is 228 g/mol. The standard InChI is InChI=1S/C11H17ClN2S/c1-15-7-3-2-6-14-11-8-9(12)4-5-10(11)13/h4-5,8,14H,2-3,6-7,13H2,1H3. The average molecular weight is 245 g/mol. The Morgan fingerprint density at radius 2 is 2.20 bits per heavy atom. The van der Waals surface area contributed by atoms with Crippen LogP contribution in [0.15, 0.2) is 18.2 Å². The molecule has 2 nitrogen and oxygen atoms in total. The van der Waals surface area contributed by atoms with Crippen LogP contribution in [0, 0.1) is 0 Å². The van der Waals surface area contributed by atoms with E-state index in [1.807, 2.05) is 23.9 Å². The van der Waals surface area contributed by atoms with Gasteiger partial charge in [0.2, 0.25) is 0 Å². The second-order valence-corrected chi connectivity index (χ2v) is 4.78. The van der Waals surface area contributed by atoms with Crippen LogP contribution in [0.1, 0.15) is 12.8 Å². The number of unbranched alkanes of at least 4 members (excludes halogenated alkanes) is 1. The number of rotatable bonds is 6. The third-order valence-electron chi connectivity index (χ3n) is 2.11. The van der Waals surface area contributed by atoms with Crippen LogP contribution >= 0.6 is 23.4 Å². The van der Waals surface area contributed by atoms with Crippen molar-refractivity contribution in [1.82, 2.24) is 0 Å². The number of hydrogen-bond donors (Lipinski definition) is 2. The molecule has 0 unspecified atom stereocenters. The van der Waals surface area contributed by atoms with E-state index in [1.165, 1.54) is 12.2 Å². The smallest absolute Gasteiger partial charge is 0.0588 e. The Kier molecular flexibility index (Phi) is 5.73. The first-order valence-electron chi connectivity index (χ1n) is 5.02. The lowest BCUT2D eigenvalue weighted by Gasteiger charge is -2.09. The van der Waals surface area contributed by atoms with E-state index in [2.05, 4.69) is 11.6 Å². The molecule has 15 heavy (non-hydrogen) atoms. The maximum absolute atomic E-state index is 5.88. The molecule has 0 saturated heterocycles. The lowest BCUT2D eigenvalue weighted by atomic mass is 10.2. The molecule has 0 spiro atoms. The molecule has 0 aliphatic heterocycles. The zero-order chi connectivity index (χ0) is 11.1. The number of nitrogen functional groups attached to an aromatic ring is 1. The first-order chi connectivity index (χ1) is 7.24. The fraction of sp³-hybridized carbons (Fsp3) is 0.455. The van der Waals surface area contributed by atoms with Gasteiger partial charge in [-0.25, -0.2) is 0 Å². The second kappa shape index (κ2) is 6.85. The maximum Gasteiger partial charge on any atom is 0.0588 e. The van der Waals surface area contributed by atoms with Gasteiger partial charge in [0, 0.05) is 11.6 Å². The normalized spacial score (nSPS) is 10.3. The average Bonchev–Trinajstić information content (AvgIpc) is 2.23. The van der Waals surface area contributed by atoms with Gasteiger partial charge in [-0.3, -0.25) is 0 Å². The van der Waals surface area contributed by atoms with Gasteiger partial charge in [-0.2, -0.15) is 11.8 Å². The van der Waals surface area contributed by atoms with E-state index in [9.17, 15) is 0 Å². The molecule has 0 bridgehead atoms. The third kappa shape index (κ3) is 4.67. The molecule has 0 aliphatic rings. The van der Waals surface area contributed by atoms with Crippen LogP contribution in [-0.2, 0) is 0 Å². The van der Waals surface area contributed by atoms with Crippen LogP contribution in [0.4, 0.5) is 11.4 Å². The molecule has 0 atom stereocenters. The van der Waals surface area contributed by atoms with E-state index in [-0.39, 0.29) is 0 Å². The number of nitrogens with one attached hydrogen (secondary N) is 1. The molecular formula is C11H17ClN2S. The fourth-order valence-electron chi connectivity index (χ4n) is 1.28. The van der Waals surface area contributed by atoms with Crippen LogP contribution in [0.2, 0.25) is 5.02 Å².